The number of hydrogen-bond acceptors (Lipinski definition) is 5. The maximum absolute atomic E-state index is 10.8. The van der Waals surface area contributed by atoms with Gasteiger partial charge in [0, 0.05) is 12.1 Å². The van der Waals surface area contributed by atoms with E-state index in [1.807, 2.05) is 0 Å². The molecule has 0 spiro atoms. The molecule has 0 unspecified atom stereocenters. The number of phenols is 2. The first kappa shape index (κ1) is 12.7. The van der Waals surface area contributed by atoms with Crippen molar-refractivity contribution in [1.29, 1.82) is 0 Å². The largest absolute Gasteiger partial charge is 0.508 e. The van der Waals surface area contributed by atoms with Crippen molar-refractivity contribution in [2.24, 2.45) is 0 Å². The predicted octanol–water partition coefficient (Wildman–Crippen LogP) is 2.59. The number of nitrogens with zero attached hydrogens (tertiary/aromatic N) is 1. The van der Waals surface area contributed by atoms with Crippen LogP contribution in [0.5, 0.6) is 17.2 Å². The molecule has 2 aromatic rings. The topological polar surface area (TPSA) is 92.8 Å². The number of benzene rings is 2. The van der Waals surface area contributed by atoms with Gasteiger partial charge in [-0.05, 0) is 18.2 Å². The van der Waals surface area contributed by atoms with Crippen molar-refractivity contribution in [1.82, 2.24) is 0 Å². The Hall–Kier alpha value is -2.76. The zero-order chi connectivity index (χ0) is 13.8. The third-order valence-electron chi connectivity index (χ3n) is 2.51. The van der Waals surface area contributed by atoms with E-state index < -0.39 is 4.92 Å². The van der Waals surface area contributed by atoms with Crippen LogP contribution in [0.4, 0.5) is 5.69 Å². The molecule has 6 heteroatoms. The van der Waals surface area contributed by atoms with Gasteiger partial charge in [-0.2, -0.15) is 0 Å². The first-order valence-electron chi connectivity index (χ1n) is 5.45. The zero-order valence-electron chi connectivity index (χ0n) is 9.81. The molecule has 2 N–H and O–H groups in total. The van der Waals surface area contributed by atoms with Crippen LogP contribution in [0.2, 0.25) is 0 Å². The molecule has 0 fully saturated rings. The third kappa shape index (κ3) is 2.92. The molecule has 6 nitrogen and oxygen atoms in total. The molecule has 0 aliphatic rings. The number of nitro benzene ring substituents is 1. The first-order chi connectivity index (χ1) is 9.08. The first-order valence-corrected chi connectivity index (χ1v) is 5.45. The molecule has 0 radical (unpaired) electrons. The molecule has 19 heavy (non-hydrogen) atoms. The molecule has 0 heterocycles. The monoisotopic (exact) mass is 261 g/mol. The van der Waals surface area contributed by atoms with Crippen LogP contribution in [0, 0.1) is 10.1 Å². The number of para-hydroxylation sites is 1. The molecule has 0 saturated carbocycles. The van der Waals surface area contributed by atoms with E-state index in [0.29, 0.717) is 5.56 Å². The van der Waals surface area contributed by atoms with Gasteiger partial charge < -0.3 is 14.9 Å². The van der Waals surface area contributed by atoms with Crippen molar-refractivity contribution in [3.63, 3.8) is 0 Å². The van der Waals surface area contributed by atoms with Crippen molar-refractivity contribution >= 4 is 5.69 Å². The van der Waals surface area contributed by atoms with Crippen LogP contribution in [-0.2, 0) is 6.61 Å². The highest BCUT2D eigenvalue weighted by atomic mass is 16.6. The van der Waals surface area contributed by atoms with Gasteiger partial charge in [-0.15, -0.1) is 0 Å². The summed E-state index contributed by atoms with van der Waals surface area (Å²) in [6.45, 7) is -0.0461. The van der Waals surface area contributed by atoms with Gasteiger partial charge in [-0.3, -0.25) is 10.1 Å². The maximum atomic E-state index is 10.8. The van der Waals surface area contributed by atoms with Crippen LogP contribution in [-0.4, -0.2) is 15.1 Å². The van der Waals surface area contributed by atoms with Crippen LogP contribution in [0.1, 0.15) is 5.56 Å². The zero-order valence-corrected chi connectivity index (χ0v) is 9.81. The Labute approximate surface area is 108 Å². The van der Waals surface area contributed by atoms with Crippen molar-refractivity contribution < 1.29 is 19.9 Å². The lowest BCUT2D eigenvalue weighted by Crippen LogP contribution is -2.00. The average molecular weight is 261 g/mol. The Kier molecular flexibility index (Phi) is 3.51. The second kappa shape index (κ2) is 5.26. The Morgan fingerprint density at radius 3 is 2.58 bits per heavy atom. The maximum Gasteiger partial charge on any atom is 0.276 e. The van der Waals surface area contributed by atoms with Crippen LogP contribution in [0.25, 0.3) is 0 Å². The molecule has 0 atom stereocenters. The van der Waals surface area contributed by atoms with E-state index in [0.717, 1.165) is 6.07 Å². The lowest BCUT2D eigenvalue weighted by Gasteiger charge is -2.08. The minimum atomic E-state index is -0.491. The normalized spacial score (nSPS) is 10.1. The van der Waals surface area contributed by atoms with Gasteiger partial charge in [0.25, 0.3) is 5.69 Å². The fourth-order valence-electron chi connectivity index (χ4n) is 1.59. The smallest absolute Gasteiger partial charge is 0.276 e. The molecule has 0 bridgehead atoms. The van der Waals surface area contributed by atoms with Crippen LogP contribution in [0.15, 0.2) is 42.5 Å². The van der Waals surface area contributed by atoms with Crippen molar-refractivity contribution in [2.45, 2.75) is 6.61 Å². The van der Waals surface area contributed by atoms with Crippen molar-refractivity contribution in [3.8, 4) is 17.2 Å². The summed E-state index contributed by atoms with van der Waals surface area (Å²) in [5.41, 5.74) is 0.362. The van der Waals surface area contributed by atoms with Crippen LogP contribution in [0.3, 0.4) is 0 Å². The third-order valence-corrected chi connectivity index (χ3v) is 2.51. The lowest BCUT2D eigenvalue weighted by molar-refractivity contribution is -0.385. The van der Waals surface area contributed by atoms with Crippen LogP contribution < -0.4 is 4.74 Å². The predicted molar refractivity (Wildman–Crippen MR) is 67.2 cm³/mol. The Bertz CT molecular complexity index is 612. The summed E-state index contributed by atoms with van der Waals surface area (Å²) >= 11 is 0. The number of aromatic hydroxyl groups is 2. The van der Waals surface area contributed by atoms with Gasteiger partial charge in [-0.25, -0.2) is 0 Å². The van der Waals surface area contributed by atoms with Crippen molar-refractivity contribution in [3.05, 3.63) is 58.1 Å². The molecule has 0 amide bonds. The Morgan fingerprint density at radius 2 is 1.89 bits per heavy atom. The Balaban J connectivity index is 2.17. The van der Waals surface area contributed by atoms with Gasteiger partial charge in [0.05, 0.1) is 10.5 Å². The van der Waals surface area contributed by atoms with Gasteiger partial charge in [0.15, 0.2) is 11.5 Å². The fourth-order valence-corrected chi connectivity index (χ4v) is 1.59. The minimum Gasteiger partial charge on any atom is -0.508 e. The molecule has 0 saturated heterocycles. The summed E-state index contributed by atoms with van der Waals surface area (Å²) in [6, 6.07) is 10.1. The fraction of sp³-hybridized carbons (Fsp3) is 0.0769. The minimum absolute atomic E-state index is 0.0410. The van der Waals surface area contributed by atoms with Gasteiger partial charge in [-0.1, -0.05) is 12.1 Å². The van der Waals surface area contributed by atoms with Gasteiger partial charge in [0.2, 0.25) is 0 Å². The Morgan fingerprint density at radius 1 is 1.16 bits per heavy atom. The summed E-state index contributed by atoms with van der Waals surface area (Å²) in [4.78, 5) is 10.3. The van der Waals surface area contributed by atoms with Crippen LogP contribution >= 0.6 is 0 Å². The number of rotatable bonds is 4. The number of ether oxygens (including phenoxy) is 1. The quantitative estimate of drug-likeness (QED) is 0.651. The van der Waals surface area contributed by atoms with E-state index in [1.165, 1.54) is 18.2 Å². The lowest BCUT2D eigenvalue weighted by atomic mass is 10.2. The molecular formula is C13H11NO5. The standard InChI is InChI=1S/C13H11NO5/c15-10-5-6-13(12(16)7-10)19-8-9-3-1-2-4-11(9)14(17)18/h1-7,15-16H,8H2. The highest BCUT2D eigenvalue weighted by Crippen LogP contribution is 2.30. The van der Waals surface area contributed by atoms with E-state index >= 15 is 0 Å². The summed E-state index contributed by atoms with van der Waals surface area (Å²) in [5.74, 6) is -0.162. The summed E-state index contributed by atoms with van der Waals surface area (Å²) < 4.78 is 5.30. The summed E-state index contributed by atoms with van der Waals surface area (Å²) in [7, 11) is 0. The number of nitro groups is 1. The summed E-state index contributed by atoms with van der Waals surface area (Å²) in [5, 5.41) is 29.5. The van der Waals surface area contributed by atoms with E-state index in [9.17, 15) is 15.2 Å². The number of hydrogen-bond donors (Lipinski definition) is 2. The summed E-state index contributed by atoms with van der Waals surface area (Å²) in [6.07, 6.45) is 0. The molecular weight excluding hydrogens is 250 g/mol. The highest BCUT2D eigenvalue weighted by molar-refractivity contribution is 5.45. The molecule has 0 aromatic heterocycles. The molecule has 98 valence electrons. The molecule has 0 aliphatic heterocycles. The number of phenolic OH excluding ortho intramolecular Hbond substituents is 2. The van der Waals surface area contributed by atoms with E-state index in [-0.39, 0.29) is 29.5 Å². The molecule has 2 rings (SSSR count). The molecule has 2 aromatic carbocycles. The van der Waals surface area contributed by atoms with E-state index in [4.69, 9.17) is 9.84 Å². The van der Waals surface area contributed by atoms with E-state index in [1.54, 1.807) is 18.2 Å². The SMILES string of the molecule is O=[N+]([O-])c1ccccc1COc1ccc(O)cc1O. The average Bonchev–Trinajstić information content (AvgIpc) is 2.38. The second-order valence-corrected chi connectivity index (χ2v) is 3.83. The van der Waals surface area contributed by atoms with E-state index in [2.05, 4.69) is 0 Å². The van der Waals surface area contributed by atoms with Gasteiger partial charge >= 0.3 is 0 Å². The molecule has 0 aliphatic carbocycles. The van der Waals surface area contributed by atoms with Crippen molar-refractivity contribution in [2.75, 3.05) is 0 Å². The highest BCUT2D eigenvalue weighted by Gasteiger charge is 2.13. The van der Waals surface area contributed by atoms with Gasteiger partial charge in [0.1, 0.15) is 12.4 Å². The second-order valence-electron chi connectivity index (χ2n) is 3.83.